The normalized spacial score (nSPS) is 10.8. The Morgan fingerprint density at radius 3 is 1.82 bits per heavy atom. The Hall–Kier alpha value is -2.66. The number of nitrogens with two attached hydrogens (primary N) is 1. The molecule has 5 nitrogen and oxygen atoms in total. The van der Waals surface area contributed by atoms with Crippen LogP contribution in [0, 0.1) is 0 Å². The lowest BCUT2D eigenvalue weighted by Crippen LogP contribution is -2.00. The first-order chi connectivity index (χ1) is 13.5. The van der Waals surface area contributed by atoms with Crippen LogP contribution in [0.2, 0.25) is 0 Å². The Morgan fingerprint density at radius 2 is 1.25 bits per heavy atom. The van der Waals surface area contributed by atoms with Crippen molar-refractivity contribution >= 4 is 11.9 Å². The minimum absolute atomic E-state index is 0.238. The predicted molar refractivity (Wildman–Crippen MR) is 111 cm³/mol. The molecule has 150 valence electrons. The van der Waals surface area contributed by atoms with Crippen LogP contribution in [0.5, 0.6) is 0 Å². The summed E-state index contributed by atoms with van der Waals surface area (Å²) in [7, 11) is 0. The molecule has 0 aliphatic rings. The molecular weight excluding hydrogens is 354 g/mol. The van der Waals surface area contributed by atoms with Crippen LogP contribution in [0.25, 0.3) is 11.1 Å². The predicted octanol–water partition coefficient (Wildman–Crippen LogP) is 4.98. The maximum atomic E-state index is 11.3. The Bertz CT molecular complexity index is 784. The Balaban J connectivity index is 2.05. The van der Waals surface area contributed by atoms with Crippen molar-refractivity contribution in [3.05, 3.63) is 59.2 Å². The first kappa shape index (κ1) is 21.6. The van der Waals surface area contributed by atoms with E-state index in [0.717, 1.165) is 48.9 Å². The standard InChI is InChI=1S/C23H29NO4/c24-15-7-5-3-1-2-4-6-8-19-16-20(23(27)28)13-14-21(19)17-9-11-18(12-10-17)22(25)26/h9-14,16H,1-8,15,24H2,(H,25,26)(H,27,28). The maximum Gasteiger partial charge on any atom is 0.335 e. The Morgan fingerprint density at radius 1 is 0.714 bits per heavy atom. The minimum Gasteiger partial charge on any atom is -0.478 e. The lowest BCUT2D eigenvalue weighted by atomic mass is 9.93. The molecule has 4 N–H and O–H groups in total. The zero-order valence-electron chi connectivity index (χ0n) is 16.2. The number of aryl methyl sites for hydroxylation is 1. The van der Waals surface area contributed by atoms with Crippen LogP contribution < -0.4 is 5.73 Å². The van der Waals surface area contributed by atoms with E-state index in [-0.39, 0.29) is 11.1 Å². The molecule has 2 rings (SSSR count). The average Bonchev–Trinajstić information content (AvgIpc) is 2.70. The van der Waals surface area contributed by atoms with Gasteiger partial charge in [-0.15, -0.1) is 0 Å². The fourth-order valence-electron chi connectivity index (χ4n) is 3.35. The molecule has 0 aromatic heterocycles. The van der Waals surface area contributed by atoms with Crippen molar-refractivity contribution in [1.82, 2.24) is 0 Å². The van der Waals surface area contributed by atoms with Gasteiger partial charge in [-0.05, 0) is 66.8 Å². The van der Waals surface area contributed by atoms with Crippen LogP contribution in [-0.4, -0.2) is 28.7 Å². The summed E-state index contributed by atoms with van der Waals surface area (Å²) in [6.07, 6.45) is 8.79. The first-order valence-corrected chi connectivity index (χ1v) is 9.93. The molecule has 0 fully saturated rings. The van der Waals surface area contributed by atoms with Crippen molar-refractivity contribution < 1.29 is 19.8 Å². The molecule has 0 aliphatic carbocycles. The van der Waals surface area contributed by atoms with Crippen LogP contribution in [0.3, 0.4) is 0 Å². The first-order valence-electron chi connectivity index (χ1n) is 9.93. The maximum absolute atomic E-state index is 11.3. The smallest absolute Gasteiger partial charge is 0.335 e. The molecule has 28 heavy (non-hydrogen) atoms. The van der Waals surface area contributed by atoms with E-state index >= 15 is 0 Å². The molecule has 0 radical (unpaired) electrons. The fourth-order valence-corrected chi connectivity index (χ4v) is 3.35. The van der Waals surface area contributed by atoms with Crippen LogP contribution in [0.4, 0.5) is 0 Å². The van der Waals surface area contributed by atoms with Gasteiger partial charge >= 0.3 is 11.9 Å². The second-order valence-corrected chi connectivity index (χ2v) is 7.07. The zero-order valence-corrected chi connectivity index (χ0v) is 16.2. The summed E-state index contributed by atoms with van der Waals surface area (Å²) >= 11 is 0. The molecule has 2 aromatic rings. The monoisotopic (exact) mass is 383 g/mol. The number of hydrogen-bond donors (Lipinski definition) is 3. The van der Waals surface area contributed by atoms with Gasteiger partial charge in [0.1, 0.15) is 0 Å². The fraction of sp³-hybridized carbons (Fsp3) is 0.391. The van der Waals surface area contributed by atoms with Crippen molar-refractivity contribution in [2.24, 2.45) is 5.73 Å². The van der Waals surface area contributed by atoms with Gasteiger partial charge in [0.05, 0.1) is 11.1 Å². The summed E-state index contributed by atoms with van der Waals surface area (Å²) in [6, 6.07) is 11.9. The van der Waals surface area contributed by atoms with E-state index in [1.807, 2.05) is 6.07 Å². The molecular formula is C23H29NO4. The minimum atomic E-state index is -0.959. The van der Waals surface area contributed by atoms with Crippen molar-refractivity contribution in [2.75, 3.05) is 6.54 Å². The summed E-state index contributed by atoms with van der Waals surface area (Å²) in [6.45, 7) is 0.760. The molecule has 0 amide bonds. The second-order valence-electron chi connectivity index (χ2n) is 7.07. The summed E-state index contributed by atoms with van der Waals surface area (Å²) in [4.78, 5) is 22.4. The van der Waals surface area contributed by atoms with E-state index in [4.69, 9.17) is 10.8 Å². The third-order valence-electron chi connectivity index (χ3n) is 4.95. The molecule has 0 atom stereocenters. The van der Waals surface area contributed by atoms with Crippen molar-refractivity contribution in [3.63, 3.8) is 0 Å². The number of hydrogen-bond acceptors (Lipinski definition) is 3. The lowest BCUT2D eigenvalue weighted by molar-refractivity contribution is 0.0686. The van der Waals surface area contributed by atoms with E-state index < -0.39 is 11.9 Å². The van der Waals surface area contributed by atoms with Crippen molar-refractivity contribution in [2.45, 2.75) is 51.4 Å². The van der Waals surface area contributed by atoms with Gasteiger partial charge in [0.15, 0.2) is 0 Å². The average molecular weight is 383 g/mol. The summed E-state index contributed by atoms with van der Waals surface area (Å²) in [5.74, 6) is -1.90. The number of carboxylic acids is 2. The van der Waals surface area contributed by atoms with Gasteiger partial charge in [-0.25, -0.2) is 9.59 Å². The molecule has 0 saturated heterocycles. The van der Waals surface area contributed by atoms with Gasteiger partial charge in [-0.2, -0.15) is 0 Å². The molecule has 0 unspecified atom stereocenters. The molecule has 0 heterocycles. The summed E-state index contributed by atoms with van der Waals surface area (Å²) in [5, 5.41) is 18.4. The van der Waals surface area contributed by atoms with E-state index in [0.29, 0.717) is 0 Å². The lowest BCUT2D eigenvalue weighted by Gasteiger charge is -2.12. The van der Waals surface area contributed by atoms with Crippen LogP contribution >= 0.6 is 0 Å². The van der Waals surface area contributed by atoms with Gasteiger partial charge in [-0.1, -0.05) is 50.3 Å². The number of carbonyl (C=O) groups is 2. The molecule has 0 spiro atoms. The molecule has 0 bridgehead atoms. The topological polar surface area (TPSA) is 101 Å². The van der Waals surface area contributed by atoms with Gasteiger partial charge < -0.3 is 15.9 Å². The van der Waals surface area contributed by atoms with Gasteiger partial charge in [0, 0.05) is 0 Å². The molecule has 2 aromatic carbocycles. The number of rotatable bonds is 12. The van der Waals surface area contributed by atoms with Gasteiger partial charge in [0.2, 0.25) is 0 Å². The Labute approximate surface area is 166 Å². The van der Waals surface area contributed by atoms with E-state index in [9.17, 15) is 14.7 Å². The highest BCUT2D eigenvalue weighted by molar-refractivity contribution is 5.90. The Kier molecular flexibility index (Phi) is 8.69. The quantitative estimate of drug-likeness (QED) is 0.449. The molecule has 0 saturated carbocycles. The number of aromatic carboxylic acids is 2. The van der Waals surface area contributed by atoms with E-state index in [2.05, 4.69) is 0 Å². The van der Waals surface area contributed by atoms with Crippen molar-refractivity contribution in [3.8, 4) is 11.1 Å². The summed E-state index contributed by atoms with van der Waals surface area (Å²) < 4.78 is 0. The summed E-state index contributed by atoms with van der Waals surface area (Å²) in [5.41, 5.74) is 8.88. The van der Waals surface area contributed by atoms with Gasteiger partial charge in [-0.3, -0.25) is 0 Å². The number of carboxylic acid groups (broad SMARTS) is 2. The second kappa shape index (κ2) is 11.2. The third-order valence-corrected chi connectivity index (χ3v) is 4.95. The highest BCUT2D eigenvalue weighted by atomic mass is 16.4. The highest BCUT2D eigenvalue weighted by Crippen LogP contribution is 2.27. The molecule has 0 aliphatic heterocycles. The largest absolute Gasteiger partial charge is 0.478 e. The van der Waals surface area contributed by atoms with E-state index in [1.165, 1.54) is 25.7 Å². The molecule has 5 heteroatoms. The van der Waals surface area contributed by atoms with Crippen LogP contribution in [0.15, 0.2) is 42.5 Å². The number of unbranched alkanes of at least 4 members (excludes halogenated alkanes) is 6. The SMILES string of the molecule is NCCCCCCCCCc1cc(C(=O)O)ccc1-c1ccc(C(=O)O)cc1. The third kappa shape index (κ3) is 6.50. The van der Waals surface area contributed by atoms with Crippen molar-refractivity contribution in [1.29, 1.82) is 0 Å². The van der Waals surface area contributed by atoms with Crippen LogP contribution in [-0.2, 0) is 6.42 Å². The highest BCUT2D eigenvalue weighted by Gasteiger charge is 2.11. The van der Waals surface area contributed by atoms with Gasteiger partial charge in [0.25, 0.3) is 0 Å². The zero-order chi connectivity index (χ0) is 20.4. The number of benzene rings is 2. The van der Waals surface area contributed by atoms with E-state index in [1.54, 1.807) is 36.4 Å². The van der Waals surface area contributed by atoms with Crippen LogP contribution in [0.1, 0.15) is 71.2 Å².